The molecule has 0 fully saturated rings. The van der Waals surface area contributed by atoms with E-state index in [4.69, 9.17) is 0 Å². The molecule has 0 atom stereocenters. The second-order valence-corrected chi connectivity index (χ2v) is 4.42. The molecule has 0 aromatic carbocycles. The fourth-order valence-corrected chi connectivity index (χ4v) is 2.49. The van der Waals surface area contributed by atoms with Crippen LogP contribution in [0.15, 0.2) is 17.7 Å². The van der Waals surface area contributed by atoms with Crippen molar-refractivity contribution < 1.29 is 0 Å². The number of aromatic nitrogens is 2. The van der Waals surface area contributed by atoms with Gasteiger partial charge in [-0.1, -0.05) is 17.7 Å². The molecule has 1 aromatic rings. The van der Waals surface area contributed by atoms with Crippen LogP contribution >= 0.6 is 0 Å². The van der Waals surface area contributed by atoms with Gasteiger partial charge in [0.15, 0.2) is 0 Å². The number of nitrogens with zero attached hydrogens (tertiary/aromatic N) is 2. The fraction of sp³-hybridized carbons (Fsp3) is 0.500. The molecule has 0 saturated heterocycles. The quantitative estimate of drug-likeness (QED) is 0.806. The van der Waals surface area contributed by atoms with Crippen molar-refractivity contribution in [3.63, 3.8) is 0 Å². The molecular formula is C12H17N3. The smallest absolute Gasteiger partial charge is 0.130 e. The van der Waals surface area contributed by atoms with E-state index in [-0.39, 0.29) is 0 Å². The maximum Gasteiger partial charge on any atom is 0.130 e. The third kappa shape index (κ3) is 1.30. The molecule has 3 heteroatoms. The Kier molecular flexibility index (Phi) is 1.89. The summed E-state index contributed by atoms with van der Waals surface area (Å²) in [5, 5.41) is 3.21. The molecule has 2 heterocycles. The van der Waals surface area contributed by atoms with E-state index in [9.17, 15) is 0 Å². The van der Waals surface area contributed by atoms with Crippen LogP contribution in [0.1, 0.15) is 24.2 Å². The number of allylic oxidation sites excluding steroid dienone is 3. The van der Waals surface area contributed by atoms with Crippen molar-refractivity contribution in [1.82, 2.24) is 14.7 Å². The number of likely N-dealkylation sites (N-methyl/N-ethyl adjacent to an activating group) is 1. The summed E-state index contributed by atoms with van der Waals surface area (Å²) in [6, 6.07) is 0. The second kappa shape index (κ2) is 3.14. The third-order valence-electron chi connectivity index (χ3n) is 3.41. The summed E-state index contributed by atoms with van der Waals surface area (Å²) in [5.74, 6) is 0. The van der Waals surface area contributed by atoms with Crippen molar-refractivity contribution in [2.45, 2.75) is 26.4 Å². The SMILES string of the molecule is CNCC1=CC=C(c2c(C)n3n2C3)CC1. The van der Waals surface area contributed by atoms with Crippen molar-refractivity contribution in [3.8, 4) is 0 Å². The Bertz CT molecular complexity index is 457. The lowest BCUT2D eigenvalue weighted by Gasteiger charge is -2.17. The molecule has 0 saturated carbocycles. The van der Waals surface area contributed by atoms with Crippen molar-refractivity contribution in [3.05, 3.63) is 29.1 Å². The Morgan fingerprint density at radius 2 is 2.13 bits per heavy atom. The Balaban J connectivity index is 1.81. The molecule has 0 spiro atoms. The maximum absolute atomic E-state index is 3.21. The van der Waals surface area contributed by atoms with Gasteiger partial charge in [-0.3, -0.25) is 9.36 Å². The van der Waals surface area contributed by atoms with E-state index in [1.165, 1.54) is 35.4 Å². The van der Waals surface area contributed by atoms with Gasteiger partial charge in [0.05, 0.1) is 11.4 Å². The maximum atomic E-state index is 3.21. The number of hydrogen-bond acceptors (Lipinski definition) is 1. The van der Waals surface area contributed by atoms with Gasteiger partial charge in [0.1, 0.15) is 6.67 Å². The highest BCUT2D eigenvalue weighted by molar-refractivity contribution is 5.69. The first-order valence-electron chi connectivity index (χ1n) is 5.60. The average Bonchev–Trinajstić information content (AvgIpc) is 2.96. The van der Waals surface area contributed by atoms with Gasteiger partial charge in [0.2, 0.25) is 0 Å². The third-order valence-corrected chi connectivity index (χ3v) is 3.41. The highest BCUT2D eigenvalue weighted by Gasteiger charge is 2.30. The van der Waals surface area contributed by atoms with Gasteiger partial charge < -0.3 is 5.32 Å². The summed E-state index contributed by atoms with van der Waals surface area (Å²) in [4.78, 5) is 0. The number of hydrogen-bond donors (Lipinski definition) is 1. The Labute approximate surface area is 90.0 Å². The molecule has 0 bridgehead atoms. The van der Waals surface area contributed by atoms with Crippen LogP contribution in [0.2, 0.25) is 0 Å². The van der Waals surface area contributed by atoms with Crippen molar-refractivity contribution in [1.29, 1.82) is 0 Å². The summed E-state index contributed by atoms with van der Waals surface area (Å²) < 4.78 is 4.65. The largest absolute Gasteiger partial charge is 0.316 e. The number of rotatable bonds is 3. The lowest BCUT2D eigenvalue weighted by molar-refractivity contribution is 0.806. The molecule has 0 amide bonds. The highest BCUT2D eigenvalue weighted by atomic mass is 15.6. The molecule has 1 aliphatic carbocycles. The number of fused-ring (bicyclic) bond motifs is 1. The molecule has 0 radical (unpaired) electrons. The summed E-state index contributed by atoms with van der Waals surface area (Å²) >= 11 is 0. The normalized spacial score (nSPS) is 18.5. The van der Waals surface area contributed by atoms with E-state index in [0.29, 0.717) is 0 Å². The van der Waals surface area contributed by atoms with Crippen LogP contribution < -0.4 is 5.32 Å². The van der Waals surface area contributed by atoms with E-state index in [1.54, 1.807) is 0 Å². The molecule has 1 aromatic heterocycles. The minimum atomic E-state index is 1.03. The van der Waals surface area contributed by atoms with Crippen molar-refractivity contribution in [2.24, 2.45) is 0 Å². The number of nitrogens with one attached hydrogen (secondary N) is 1. The summed E-state index contributed by atoms with van der Waals surface area (Å²) in [6.45, 7) is 4.36. The highest BCUT2D eigenvalue weighted by Crippen LogP contribution is 2.35. The summed E-state index contributed by atoms with van der Waals surface area (Å²) in [5.41, 5.74) is 5.96. The molecule has 80 valence electrons. The molecule has 0 unspecified atom stereocenters. The van der Waals surface area contributed by atoms with Gasteiger partial charge in [-0.2, -0.15) is 0 Å². The zero-order chi connectivity index (χ0) is 10.4. The van der Waals surface area contributed by atoms with Crippen LogP contribution in [0.5, 0.6) is 0 Å². The fourth-order valence-electron chi connectivity index (χ4n) is 2.49. The van der Waals surface area contributed by atoms with E-state index in [1.807, 2.05) is 7.05 Å². The van der Waals surface area contributed by atoms with Crippen LogP contribution in [-0.2, 0) is 6.67 Å². The van der Waals surface area contributed by atoms with Crippen LogP contribution in [-0.4, -0.2) is 23.0 Å². The van der Waals surface area contributed by atoms with Crippen LogP contribution in [0.4, 0.5) is 0 Å². The summed E-state index contributed by atoms with van der Waals surface area (Å²) in [6.07, 6.45) is 6.98. The van der Waals surface area contributed by atoms with Gasteiger partial charge in [0, 0.05) is 6.54 Å². The lowest BCUT2D eigenvalue weighted by Crippen LogP contribution is -2.12. The van der Waals surface area contributed by atoms with Crippen LogP contribution in [0.25, 0.3) is 5.57 Å². The van der Waals surface area contributed by atoms with E-state index >= 15 is 0 Å². The first-order valence-corrected chi connectivity index (χ1v) is 5.60. The molecule has 3 rings (SSSR count). The zero-order valence-electron chi connectivity index (χ0n) is 9.38. The molecule has 1 aliphatic heterocycles. The Morgan fingerprint density at radius 1 is 1.27 bits per heavy atom. The first-order chi connectivity index (χ1) is 7.31. The molecule has 3 nitrogen and oxygen atoms in total. The van der Waals surface area contributed by atoms with Gasteiger partial charge in [-0.25, -0.2) is 0 Å². The van der Waals surface area contributed by atoms with Crippen molar-refractivity contribution in [2.75, 3.05) is 13.6 Å². The first kappa shape index (κ1) is 9.04. The van der Waals surface area contributed by atoms with Gasteiger partial charge in [-0.05, 0) is 32.4 Å². The van der Waals surface area contributed by atoms with Crippen molar-refractivity contribution >= 4 is 5.57 Å². The average molecular weight is 203 g/mol. The van der Waals surface area contributed by atoms with E-state index < -0.39 is 0 Å². The monoisotopic (exact) mass is 203 g/mol. The van der Waals surface area contributed by atoms with E-state index in [2.05, 4.69) is 33.8 Å². The minimum absolute atomic E-state index is 1.03. The second-order valence-electron chi connectivity index (χ2n) is 4.42. The van der Waals surface area contributed by atoms with E-state index in [0.717, 1.165) is 13.2 Å². The standard InChI is InChI=1S/C12H17N3/c1-9-12(15-8-14(9)15)11-5-3-10(4-6-11)7-13-2/h3,5,13H,4,6-8H2,1-2H3. The molecule has 2 aliphatic rings. The topological polar surface area (TPSA) is 21.9 Å². The van der Waals surface area contributed by atoms with Gasteiger partial charge >= 0.3 is 0 Å². The predicted octanol–water partition coefficient (Wildman–Crippen LogP) is 1.74. The minimum Gasteiger partial charge on any atom is -0.316 e. The van der Waals surface area contributed by atoms with Crippen LogP contribution in [0, 0.1) is 6.92 Å². The lowest BCUT2D eigenvalue weighted by atomic mass is 9.95. The molecule has 15 heavy (non-hydrogen) atoms. The van der Waals surface area contributed by atoms with Crippen LogP contribution in [0.3, 0.4) is 0 Å². The molecular weight excluding hydrogens is 186 g/mol. The van der Waals surface area contributed by atoms with Gasteiger partial charge in [0.25, 0.3) is 0 Å². The molecule has 1 N–H and O–H groups in total. The zero-order valence-corrected chi connectivity index (χ0v) is 9.38. The predicted molar refractivity (Wildman–Crippen MR) is 61.8 cm³/mol. The summed E-state index contributed by atoms with van der Waals surface area (Å²) in [7, 11) is 2.01. The Hall–Kier alpha value is -1.22. The Morgan fingerprint density at radius 3 is 2.67 bits per heavy atom. The van der Waals surface area contributed by atoms with Gasteiger partial charge in [-0.15, -0.1) is 0 Å².